The van der Waals surface area contributed by atoms with Gasteiger partial charge in [-0.15, -0.1) is 0 Å². The molecule has 1 N–H and O–H groups in total. The second kappa shape index (κ2) is 11.6. The number of hydrogen-bond acceptors (Lipinski definition) is 8. The monoisotopic (exact) mass is 581 g/mol. The number of carbonyl (C=O) groups excluding carboxylic acids is 4. The van der Waals surface area contributed by atoms with Crippen LogP contribution in [0.25, 0.3) is 10.8 Å². The van der Waals surface area contributed by atoms with Gasteiger partial charge in [-0.3, -0.25) is 29.0 Å². The van der Waals surface area contributed by atoms with Crippen LogP contribution in [0.3, 0.4) is 0 Å². The highest BCUT2D eigenvalue weighted by atomic mass is 16.3. The van der Waals surface area contributed by atoms with Crippen molar-refractivity contribution in [2.75, 3.05) is 68.5 Å². The first kappa shape index (κ1) is 29.9. The number of imide groups is 2. The van der Waals surface area contributed by atoms with E-state index in [2.05, 4.69) is 11.8 Å². The molecule has 0 saturated heterocycles. The van der Waals surface area contributed by atoms with Crippen LogP contribution in [0.15, 0.2) is 36.4 Å². The van der Waals surface area contributed by atoms with Crippen LogP contribution in [0.5, 0.6) is 5.75 Å². The molecule has 0 aliphatic carbocycles. The molecule has 10 nitrogen and oxygen atoms in total. The second-order valence-corrected chi connectivity index (χ2v) is 11.7. The molecule has 2 heterocycles. The van der Waals surface area contributed by atoms with Gasteiger partial charge in [-0.05, 0) is 78.7 Å². The Morgan fingerprint density at radius 2 is 1.21 bits per heavy atom. The van der Waals surface area contributed by atoms with Crippen molar-refractivity contribution in [1.29, 1.82) is 0 Å². The molecule has 3 aromatic rings. The van der Waals surface area contributed by atoms with Gasteiger partial charge in [0.15, 0.2) is 0 Å². The Hall–Kier alpha value is -4.56. The van der Waals surface area contributed by atoms with E-state index in [0.29, 0.717) is 47.1 Å². The standard InChI is InChI=1S/C33H35N5O5/c1-34(2)13-15-37-30(40)23-10-11-24-29-27(33(43)38(31(24)41)16-14-35(3)4)21(18-25(28(23)29)32(37)42)9-7-20-8-12-26(39)22(17-20)19-36(5)6/h8,10-12,17-18,39H,13-16,19H2,1-6H3. The maximum absolute atomic E-state index is 14.0. The van der Waals surface area contributed by atoms with Gasteiger partial charge < -0.3 is 19.8 Å². The molecule has 3 aromatic carbocycles. The predicted octanol–water partition coefficient (Wildman–Crippen LogP) is 2.32. The first-order valence-electron chi connectivity index (χ1n) is 14.0. The first-order valence-corrected chi connectivity index (χ1v) is 14.0. The van der Waals surface area contributed by atoms with Crippen molar-refractivity contribution in [1.82, 2.24) is 24.5 Å². The van der Waals surface area contributed by atoms with Crippen LogP contribution in [0.2, 0.25) is 0 Å². The number of carbonyl (C=O) groups is 4. The Balaban J connectivity index is 1.73. The minimum atomic E-state index is -0.513. The number of amides is 4. The summed E-state index contributed by atoms with van der Waals surface area (Å²) in [6.45, 7) is 1.81. The summed E-state index contributed by atoms with van der Waals surface area (Å²) in [4.78, 5) is 63.1. The maximum Gasteiger partial charge on any atom is 0.262 e. The molecule has 0 atom stereocenters. The maximum atomic E-state index is 14.0. The topological polar surface area (TPSA) is 105 Å². The predicted molar refractivity (Wildman–Crippen MR) is 163 cm³/mol. The Kier molecular flexibility index (Phi) is 8.08. The number of phenolic OH excluding ortho intramolecular Hbond substituents is 1. The molecule has 0 radical (unpaired) electrons. The highest BCUT2D eigenvalue weighted by Crippen LogP contribution is 2.39. The average molecular weight is 582 g/mol. The average Bonchev–Trinajstić information content (AvgIpc) is 2.94. The molecule has 0 spiro atoms. The molecular weight excluding hydrogens is 546 g/mol. The molecule has 5 rings (SSSR count). The van der Waals surface area contributed by atoms with Crippen molar-refractivity contribution in [3.63, 3.8) is 0 Å². The molecule has 2 aliphatic rings. The van der Waals surface area contributed by atoms with Crippen LogP contribution in [0.4, 0.5) is 0 Å². The van der Waals surface area contributed by atoms with Gasteiger partial charge in [-0.1, -0.05) is 11.8 Å². The summed E-state index contributed by atoms with van der Waals surface area (Å²) in [5.74, 6) is 4.43. The van der Waals surface area contributed by atoms with E-state index in [1.165, 1.54) is 9.80 Å². The van der Waals surface area contributed by atoms with Gasteiger partial charge in [-0.2, -0.15) is 0 Å². The summed E-state index contributed by atoms with van der Waals surface area (Å²) in [7, 11) is 11.2. The molecule has 0 fully saturated rings. The number of hydrogen-bond donors (Lipinski definition) is 1. The molecule has 0 saturated carbocycles. The van der Waals surface area contributed by atoms with Crippen LogP contribution in [-0.2, 0) is 6.54 Å². The third kappa shape index (κ3) is 5.50. The molecule has 43 heavy (non-hydrogen) atoms. The lowest BCUT2D eigenvalue weighted by Gasteiger charge is -2.33. The highest BCUT2D eigenvalue weighted by Gasteiger charge is 2.41. The van der Waals surface area contributed by atoms with E-state index in [-0.39, 0.29) is 41.1 Å². The number of rotatable bonds is 8. The van der Waals surface area contributed by atoms with Gasteiger partial charge in [-0.25, -0.2) is 0 Å². The minimum absolute atomic E-state index is 0.153. The van der Waals surface area contributed by atoms with Crippen molar-refractivity contribution in [2.24, 2.45) is 0 Å². The fourth-order valence-corrected chi connectivity index (χ4v) is 5.44. The zero-order chi connectivity index (χ0) is 31.2. The fourth-order valence-electron chi connectivity index (χ4n) is 5.44. The third-order valence-corrected chi connectivity index (χ3v) is 7.62. The Bertz CT molecular complexity index is 1750. The van der Waals surface area contributed by atoms with Gasteiger partial charge in [0.2, 0.25) is 0 Å². The van der Waals surface area contributed by atoms with Gasteiger partial charge in [0.1, 0.15) is 5.75 Å². The largest absolute Gasteiger partial charge is 0.508 e. The van der Waals surface area contributed by atoms with E-state index < -0.39 is 23.6 Å². The van der Waals surface area contributed by atoms with E-state index in [0.717, 1.165) is 0 Å². The molecule has 4 amide bonds. The van der Waals surface area contributed by atoms with Crippen LogP contribution >= 0.6 is 0 Å². The number of nitrogens with zero attached hydrogens (tertiary/aromatic N) is 5. The van der Waals surface area contributed by atoms with E-state index in [9.17, 15) is 24.3 Å². The zero-order valence-corrected chi connectivity index (χ0v) is 25.3. The van der Waals surface area contributed by atoms with E-state index >= 15 is 0 Å². The van der Waals surface area contributed by atoms with Gasteiger partial charge >= 0.3 is 0 Å². The Labute approximate surface area is 251 Å². The molecule has 2 aliphatic heterocycles. The molecule has 0 bridgehead atoms. The normalized spacial score (nSPS) is 14.4. The number of likely N-dealkylation sites (N-methyl/N-ethyl adjacent to an activating group) is 2. The minimum Gasteiger partial charge on any atom is -0.508 e. The van der Waals surface area contributed by atoms with Crippen molar-refractivity contribution >= 4 is 34.4 Å². The van der Waals surface area contributed by atoms with E-state index in [1.807, 2.05) is 57.0 Å². The second-order valence-electron chi connectivity index (χ2n) is 11.7. The van der Waals surface area contributed by atoms with Crippen molar-refractivity contribution < 1.29 is 24.3 Å². The van der Waals surface area contributed by atoms with Crippen LogP contribution in [0.1, 0.15) is 58.1 Å². The van der Waals surface area contributed by atoms with Gasteiger partial charge in [0.25, 0.3) is 23.6 Å². The summed E-state index contributed by atoms with van der Waals surface area (Å²) >= 11 is 0. The summed E-state index contributed by atoms with van der Waals surface area (Å²) in [6, 6.07) is 9.77. The van der Waals surface area contributed by atoms with Crippen molar-refractivity contribution in [2.45, 2.75) is 6.54 Å². The highest BCUT2D eigenvalue weighted by molar-refractivity contribution is 6.34. The Morgan fingerprint density at radius 3 is 1.79 bits per heavy atom. The summed E-state index contributed by atoms with van der Waals surface area (Å²) in [5.41, 5.74) is 2.59. The molecule has 10 heteroatoms. The summed E-state index contributed by atoms with van der Waals surface area (Å²) in [6.07, 6.45) is 0. The first-order chi connectivity index (χ1) is 20.4. The summed E-state index contributed by atoms with van der Waals surface area (Å²) in [5, 5.41) is 10.9. The lowest BCUT2D eigenvalue weighted by atomic mass is 9.83. The van der Waals surface area contributed by atoms with Crippen molar-refractivity contribution in [3.8, 4) is 17.6 Å². The smallest absolute Gasteiger partial charge is 0.262 e. The van der Waals surface area contributed by atoms with Gasteiger partial charge in [0.05, 0.1) is 5.56 Å². The van der Waals surface area contributed by atoms with Crippen LogP contribution in [0, 0.1) is 11.8 Å². The van der Waals surface area contributed by atoms with Gasteiger partial charge in [0, 0.05) is 76.9 Å². The van der Waals surface area contributed by atoms with Crippen LogP contribution in [-0.4, -0.2) is 122 Å². The number of aromatic hydroxyl groups is 1. The Morgan fingerprint density at radius 1 is 0.651 bits per heavy atom. The van der Waals surface area contributed by atoms with Crippen LogP contribution < -0.4 is 0 Å². The van der Waals surface area contributed by atoms with E-state index in [1.54, 1.807) is 36.4 Å². The lowest BCUT2D eigenvalue weighted by Crippen LogP contribution is -2.46. The number of phenols is 1. The molecule has 0 aromatic heterocycles. The summed E-state index contributed by atoms with van der Waals surface area (Å²) < 4.78 is 0. The lowest BCUT2D eigenvalue weighted by molar-refractivity contribution is 0.0579. The van der Waals surface area contributed by atoms with E-state index in [4.69, 9.17) is 0 Å². The zero-order valence-electron chi connectivity index (χ0n) is 25.3. The third-order valence-electron chi connectivity index (χ3n) is 7.62. The SMILES string of the molecule is CN(C)CCN1C(=O)c2ccc3c4c(c(C#Cc5ccc(O)c(CN(C)C)c5)cc(c24)C1=O)C(=O)N(CCN(C)C)C3=O. The fraction of sp³-hybridized carbons (Fsp3) is 0.333. The molecule has 222 valence electrons. The number of benzene rings is 3. The quantitative estimate of drug-likeness (QED) is 0.319. The van der Waals surface area contributed by atoms with Crippen molar-refractivity contribution in [3.05, 3.63) is 75.3 Å². The molecule has 0 unspecified atom stereocenters. The molecular formula is C33H35N5O5.